The van der Waals surface area contributed by atoms with Crippen LogP contribution in [-0.2, 0) is 14.4 Å². The molecule has 44 heavy (non-hydrogen) atoms. The molecule has 14 heteroatoms. The van der Waals surface area contributed by atoms with E-state index in [2.05, 4.69) is 5.32 Å². The summed E-state index contributed by atoms with van der Waals surface area (Å²) < 4.78 is 0. The number of Topliss-reactive ketones (excluding diaryl/α,β-unsaturated/α-hetero) is 2. The molecule has 6 atom stereocenters. The van der Waals surface area contributed by atoms with E-state index in [0.29, 0.717) is 18.5 Å². The summed E-state index contributed by atoms with van der Waals surface area (Å²) in [6, 6.07) is 1.17. The number of nitriles is 1. The van der Waals surface area contributed by atoms with Crippen molar-refractivity contribution in [2.75, 3.05) is 33.1 Å². The number of nitrogens with one attached hydrogen (secondary N) is 1. The van der Waals surface area contributed by atoms with E-state index in [-0.39, 0.29) is 11.1 Å². The van der Waals surface area contributed by atoms with E-state index in [9.17, 15) is 40.1 Å². The van der Waals surface area contributed by atoms with Gasteiger partial charge in [-0.3, -0.25) is 19.3 Å². The topological polar surface area (TPSA) is 252 Å². The number of ketones is 2. The number of phenolic OH excluding ortho intramolecular Hbond substituents is 1. The maximum atomic E-state index is 14.7. The van der Waals surface area contributed by atoms with Gasteiger partial charge in [0.15, 0.2) is 17.0 Å². The highest BCUT2D eigenvalue weighted by molar-refractivity contribution is 6.26. The molecule has 238 valence electrons. The smallest absolute Gasteiger partial charge is 0.258 e. The lowest BCUT2D eigenvalue weighted by Gasteiger charge is -2.62. The monoisotopic (exact) mass is 611 g/mol. The molecule has 3 aliphatic carbocycles. The summed E-state index contributed by atoms with van der Waals surface area (Å²) in [5.41, 5.74) is 9.89. The lowest BCUT2D eigenvalue weighted by atomic mass is 9.45. The number of nitrogens with two attached hydrogens (primary N) is 3. The largest absolute Gasteiger partial charge is 0.509 e. The Kier molecular flexibility index (Phi) is 7.69. The number of carbonyl (C=O) groups excluding carboxylic acids is 3. The molecule has 0 aromatic heterocycles. The third-order valence-corrected chi connectivity index (χ3v) is 9.31. The van der Waals surface area contributed by atoms with Gasteiger partial charge >= 0.3 is 0 Å². The number of rotatable bonds is 6. The van der Waals surface area contributed by atoms with Gasteiger partial charge in [-0.2, -0.15) is 5.26 Å². The zero-order valence-electron chi connectivity index (χ0n) is 25.9. The molecular weight excluding hydrogens is 570 g/mol. The van der Waals surface area contributed by atoms with Crippen molar-refractivity contribution in [3.63, 3.8) is 0 Å². The van der Waals surface area contributed by atoms with Crippen LogP contribution >= 0.6 is 0 Å². The molecule has 0 radical (unpaired) electrons. The van der Waals surface area contributed by atoms with Gasteiger partial charge in [-0.25, -0.2) is 0 Å². The summed E-state index contributed by atoms with van der Waals surface area (Å²) in [5, 5.41) is 59.8. The summed E-state index contributed by atoms with van der Waals surface area (Å²) in [6.07, 6.45) is -1.10. The van der Waals surface area contributed by atoms with Gasteiger partial charge in [0.05, 0.1) is 34.8 Å². The fraction of sp³-hybridized carbons (Fsp3) is 0.533. The van der Waals surface area contributed by atoms with Gasteiger partial charge < -0.3 is 47.8 Å². The van der Waals surface area contributed by atoms with Gasteiger partial charge in [0.1, 0.15) is 34.5 Å². The van der Waals surface area contributed by atoms with Gasteiger partial charge in [-0.05, 0) is 46.5 Å². The third kappa shape index (κ3) is 3.87. The second-order valence-electron chi connectivity index (χ2n) is 13.0. The Morgan fingerprint density at radius 1 is 1.14 bits per heavy atom. The van der Waals surface area contributed by atoms with Crippen molar-refractivity contribution in [1.29, 1.82) is 5.26 Å². The molecule has 0 spiro atoms. The van der Waals surface area contributed by atoms with Crippen LogP contribution in [-0.4, -0.2) is 99.8 Å². The normalized spacial score (nSPS) is 31.8. The summed E-state index contributed by atoms with van der Waals surface area (Å²) in [7, 11) is 6.09. The fourth-order valence-electron chi connectivity index (χ4n) is 7.33. The van der Waals surface area contributed by atoms with E-state index in [1.54, 1.807) is 38.9 Å². The Labute approximate surface area is 255 Å². The minimum absolute atomic E-state index is 0.0696. The summed E-state index contributed by atoms with van der Waals surface area (Å²) in [4.78, 5) is 45.3. The number of phenols is 1. The van der Waals surface area contributed by atoms with Crippen LogP contribution in [0.5, 0.6) is 5.75 Å². The predicted octanol–water partition coefficient (Wildman–Crippen LogP) is -0.391. The molecular formula is C30H41N7O7. The first-order valence-electron chi connectivity index (χ1n) is 14.1. The van der Waals surface area contributed by atoms with E-state index in [1.165, 1.54) is 31.1 Å². The molecule has 1 fully saturated rings. The second kappa shape index (κ2) is 10.3. The SMILES string of the molecule is CCCC(C)(C)NC(=O)C1=C(O)[C@@]2(C#N)C(=O)C3=C(O)c4c(O)ccc(N(C)C)c4[C@H](N)[C@@]3(N)[C@H](O)[C@@]2(N)[C@H](N(C)C)C1=O. The van der Waals surface area contributed by atoms with Crippen molar-refractivity contribution in [3.05, 3.63) is 40.2 Å². The lowest BCUT2D eigenvalue weighted by molar-refractivity contribution is -0.153. The Hall–Kier alpha value is -4.00. The van der Waals surface area contributed by atoms with Crippen LogP contribution in [0, 0.1) is 16.7 Å². The van der Waals surface area contributed by atoms with Crippen molar-refractivity contribution in [2.45, 2.75) is 68.4 Å². The number of fused-ring (bicyclic) bond motifs is 3. The number of anilines is 1. The number of amides is 1. The Balaban J connectivity index is 2.15. The molecule has 1 aromatic carbocycles. The van der Waals surface area contributed by atoms with E-state index in [0.717, 1.165) is 0 Å². The molecule has 4 rings (SSSR count). The Morgan fingerprint density at radius 3 is 2.23 bits per heavy atom. The average Bonchev–Trinajstić information content (AvgIpc) is 2.90. The van der Waals surface area contributed by atoms with E-state index in [1.807, 2.05) is 6.92 Å². The molecule has 1 amide bonds. The minimum Gasteiger partial charge on any atom is -0.509 e. The van der Waals surface area contributed by atoms with Crippen LogP contribution < -0.4 is 27.4 Å². The van der Waals surface area contributed by atoms with Crippen LogP contribution in [0.2, 0.25) is 0 Å². The van der Waals surface area contributed by atoms with E-state index >= 15 is 0 Å². The van der Waals surface area contributed by atoms with Crippen molar-refractivity contribution < 1.29 is 34.8 Å². The molecule has 0 aliphatic heterocycles. The van der Waals surface area contributed by atoms with E-state index in [4.69, 9.17) is 17.2 Å². The minimum atomic E-state index is -3.00. The quantitative estimate of drug-likeness (QED) is 0.191. The molecule has 0 saturated heterocycles. The third-order valence-electron chi connectivity index (χ3n) is 9.31. The van der Waals surface area contributed by atoms with Gasteiger partial charge in [0.2, 0.25) is 0 Å². The second-order valence-corrected chi connectivity index (χ2v) is 13.0. The molecule has 0 unspecified atom stereocenters. The zero-order valence-corrected chi connectivity index (χ0v) is 25.9. The number of carbonyl (C=O) groups is 3. The average molecular weight is 612 g/mol. The summed E-state index contributed by atoms with van der Waals surface area (Å²) >= 11 is 0. The van der Waals surface area contributed by atoms with Crippen molar-refractivity contribution in [3.8, 4) is 11.8 Å². The number of likely N-dealkylation sites (N-methyl/N-ethyl adjacent to an activating group) is 1. The first kappa shape index (κ1) is 32.9. The van der Waals surface area contributed by atoms with Crippen LogP contribution in [0.3, 0.4) is 0 Å². The van der Waals surface area contributed by atoms with Crippen LogP contribution in [0.25, 0.3) is 5.76 Å². The first-order valence-corrected chi connectivity index (χ1v) is 14.1. The van der Waals surface area contributed by atoms with E-state index < -0.39 is 86.1 Å². The highest BCUT2D eigenvalue weighted by Gasteiger charge is 2.79. The molecule has 11 N–H and O–H groups in total. The van der Waals surface area contributed by atoms with Gasteiger partial charge in [0, 0.05) is 30.9 Å². The summed E-state index contributed by atoms with van der Waals surface area (Å²) in [6.45, 7) is 5.29. The highest BCUT2D eigenvalue weighted by atomic mass is 16.3. The number of nitrogens with zero attached hydrogens (tertiary/aromatic N) is 3. The number of aliphatic hydroxyl groups excluding tert-OH is 3. The lowest BCUT2D eigenvalue weighted by Crippen LogP contribution is -2.87. The Bertz CT molecular complexity index is 1580. The fourth-order valence-corrected chi connectivity index (χ4v) is 7.33. The Morgan fingerprint density at radius 2 is 1.73 bits per heavy atom. The summed E-state index contributed by atoms with van der Waals surface area (Å²) in [5.74, 6) is -6.15. The van der Waals surface area contributed by atoms with Crippen molar-refractivity contribution >= 4 is 28.9 Å². The molecule has 0 bridgehead atoms. The van der Waals surface area contributed by atoms with Gasteiger partial charge in [-0.15, -0.1) is 0 Å². The maximum absolute atomic E-state index is 14.7. The highest BCUT2D eigenvalue weighted by Crippen LogP contribution is 2.60. The van der Waals surface area contributed by atoms with Crippen molar-refractivity contribution in [2.24, 2.45) is 22.6 Å². The maximum Gasteiger partial charge on any atom is 0.258 e. The molecule has 14 nitrogen and oxygen atoms in total. The van der Waals surface area contributed by atoms with Crippen molar-refractivity contribution in [1.82, 2.24) is 10.2 Å². The molecule has 1 saturated carbocycles. The number of aliphatic hydroxyl groups is 3. The standard InChI is InChI=1S/C30H41N7O7/c1-8-11-27(2,3)35-25(43)17-20(40)22(37(6)7)30(34)26(44)29(33)18(24(42)28(30,12-31)23(17)41)19(39)16-14(38)10-9-13(36(4)5)15(16)21(29)32/h9-10,21-22,26,38-39,41,44H,8,11,32-34H2,1-7H3,(H,35,43)/t21-,22+,26-,28-,29+,30-/m0/s1. The molecule has 1 aromatic rings. The van der Waals surface area contributed by atoms with Gasteiger partial charge in [-0.1, -0.05) is 13.3 Å². The zero-order chi connectivity index (χ0) is 33.5. The van der Waals surface area contributed by atoms with Crippen LogP contribution in [0.15, 0.2) is 29.0 Å². The van der Waals surface area contributed by atoms with Gasteiger partial charge in [0.25, 0.3) is 5.91 Å². The molecule has 0 heterocycles. The molecule has 3 aliphatic rings. The van der Waals surface area contributed by atoms with Crippen LogP contribution in [0.4, 0.5) is 5.69 Å². The number of hydrogen-bond donors (Lipinski definition) is 8. The first-order chi connectivity index (χ1) is 20.2. The van der Waals surface area contributed by atoms with Crippen LogP contribution in [0.1, 0.15) is 50.8 Å². The number of hydrogen-bond acceptors (Lipinski definition) is 13. The number of benzene rings is 1. The predicted molar refractivity (Wildman–Crippen MR) is 161 cm³/mol. The number of aromatic hydroxyl groups is 1.